The number of alkyl halides is 1. The van der Waals surface area contributed by atoms with Crippen LogP contribution in [-0.4, -0.2) is 29.1 Å². The van der Waals surface area contributed by atoms with Crippen molar-refractivity contribution in [3.05, 3.63) is 90.0 Å². The lowest BCUT2D eigenvalue weighted by Crippen LogP contribution is -2.18. The molecule has 0 amide bonds. The fourth-order valence-electron chi connectivity index (χ4n) is 2.75. The van der Waals surface area contributed by atoms with Gasteiger partial charge in [-0.15, -0.1) is 0 Å². The van der Waals surface area contributed by atoms with Gasteiger partial charge in [0, 0.05) is 0 Å². The van der Waals surface area contributed by atoms with Crippen LogP contribution in [0.5, 0.6) is 0 Å². The SMILES string of the molecule is CC(I)C(=O)OCCOC(=O)c1ccc([S+](c2ccc(F)cc2)c2ccc(F)cc2)cc1. The van der Waals surface area contributed by atoms with E-state index in [1.165, 1.54) is 24.3 Å². The summed E-state index contributed by atoms with van der Waals surface area (Å²) in [7, 11) is -0.613. The molecule has 0 N–H and O–H groups in total. The highest BCUT2D eigenvalue weighted by Gasteiger charge is 2.29. The molecule has 0 fully saturated rings. The largest absolute Gasteiger partial charge is 0.461 e. The second-order valence-corrected chi connectivity index (χ2v) is 10.6. The van der Waals surface area contributed by atoms with Crippen molar-refractivity contribution in [2.75, 3.05) is 13.2 Å². The van der Waals surface area contributed by atoms with Crippen molar-refractivity contribution < 1.29 is 27.8 Å². The summed E-state index contributed by atoms with van der Waals surface area (Å²) in [6, 6.07) is 19.2. The zero-order chi connectivity index (χ0) is 23.1. The molecule has 166 valence electrons. The Labute approximate surface area is 201 Å². The molecule has 0 aliphatic rings. The van der Waals surface area contributed by atoms with E-state index in [0.717, 1.165) is 14.7 Å². The molecule has 0 radical (unpaired) electrons. The van der Waals surface area contributed by atoms with Gasteiger partial charge in [0.25, 0.3) is 0 Å². The maximum atomic E-state index is 13.4. The Morgan fingerprint density at radius 2 is 1.19 bits per heavy atom. The second-order valence-electron chi connectivity index (χ2n) is 6.66. The molecule has 3 rings (SSSR count). The van der Waals surface area contributed by atoms with Gasteiger partial charge in [0.2, 0.25) is 0 Å². The molecule has 0 aliphatic carbocycles. The fourth-order valence-corrected chi connectivity index (χ4v) is 4.97. The van der Waals surface area contributed by atoms with E-state index in [-0.39, 0.29) is 34.7 Å². The Hall–Kier alpha value is -2.46. The van der Waals surface area contributed by atoms with Crippen molar-refractivity contribution in [3.63, 3.8) is 0 Å². The zero-order valence-electron chi connectivity index (χ0n) is 17.1. The summed E-state index contributed by atoms with van der Waals surface area (Å²) in [4.78, 5) is 26.3. The van der Waals surface area contributed by atoms with Gasteiger partial charge in [0.1, 0.15) is 28.8 Å². The van der Waals surface area contributed by atoms with Gasteiger partial charge in [-0.1, -0.05) is 22.6 Å². The Morgan fingerprint density at radius 1 is 0.781 bits per heavy atom. The normalized spacial score (nSPS) is 11.8. The van der Waals surface area contributed by atoms with Gasteiger partial charge in [-0.2, -0.15) is 0 Å². The summed E-state index contributed by atoms with van der Waals surface area (Å²) >= 11 is 1.94. The molecule has 3 aromatic carbocycles. The monoisotopic (exact) mass is 569 g/mol. The van der Waals surface area contributed by atoms with Crippen molar-refractivity contribution in [1.82, 2.24) is 0 Å². The first-order valence-corrected chi connectivity index (χ1v) is 12.2. The second kappa shape index (κ2) is 11.4. The highest BCUT2D eigenvalue weighted by Crippen LogP contribution is 2.31. The highest BCUT2D eigenvalue weighted by atomic mass is 127. The van der Waals surface area contributed by atoms with Crippen LogP contribution in [0.1, 0.15) is 17.3 Å². The molecular weight excluding hydrogens is 549 g/mol. The van der Waals surface area contributed by atoms with E-state index in [4.69, 9.17) is 9.47 Å². The number of rotatable bonds is 8. The van der Waals surface area contributed by atoms with Gasteiger partial charge in [0.15, 0.2) is 14.7 Å². The smallest absolute Gasteiger partial charge is 0.338 e. The number of benzene rings is 3. The number of esters is 2. The molecule has 8 heteroatoms. The standard InChI is InChI=1S/C24H20F2IO4S/c1-16(27)23(28)30-14-15-31-24(29)17-2-8-20(9-3-17)32(21-10-4-18(25)5-11-21)22-12-6-19(26)7-13-22/h2-13,16H,14-15H2,1H3/q+1. The highest BCUT2D eigenvalue weighted by molar-refractivity contribution is 14.1. The Bertz CT molecular complexity index is 1010. The minimum atomic E-state index is -0.613. The van der Waals surface area contributed by atoms with Crippen LogP contribution >= 0.6 is 22.6 Å². The number of carbonyl (C=O) groups excluding carboxylic acids is 2. The van der Waals surface area contributed by atoms with Crippen LogP contribution in [0.15, 0.2) is 87.5 Å². The first kappa shape index (κ1) is 24.2. The summed E-state index contributed by atoms with van der Waals surface area (Å²) < 4.78 is 36.7. The van der Waals surface area contributed by atoms with Crippen molar-refractivity contribution in [2.24, 2.45) is 0 Å². The van der Waals surface area contributed by atoms with Crippen LogP contribution in [0.4, 0.5) is 8.78 Å². The first-order chi connectivity index (χ1) is 15.3. The molecule has 3 aromatic rings. The van der Waals surface area contributed by atoms with E-state index in [9.17, 15) is 18.4 Å². The van der Waals surface area contributed by atoms with Crippen LogP contribution in [0.3, 0.4) is 0 Å². The van der Waals surface area contributed by atoms with Crippen molar-refractivity contribution in [1.29, 1.82) is 0 Å². The van der Waals surface area contributed by atoms with E-state index >= 15 is 0 Å². The van der Waals surface area contributed by atoms with Crippen LogP contribution in [0, 0.1) is 11.6 Å². The first-order valence-electron chi connectivity index (χ1n) is 9.68. The van der Waals surface area contributed by atoms with Crippen LogP contribution < -0.4 is 0 Å². The third-order valence-electron chi connectivity index (χ3n) is 4.31. The Balaban J connectivity index is 1.74. The molecule has 0 heterocycles. The van der Waals surface area contributed by atoms with Crippen molar-refractivity contribution in [2.45, 2.75) is 25.5 Å². The summed E-state index contributed by atoms with van der Waals surface area (Å²) in [5.74, 6) is -1.57. The van der Waals surface area contributed by atoms with E-state index < -0.39 is 16.9 Å². The Morgan fingerprint density at radius 3 is 1.62 bits per heavy atom. The summed E-state index contributed by atoms with van der Waals surface area (Å²) in [6.07, 6.45) is 0. The minimum Gasteiger partial charge on any atom is -0.461 e. The predicted molar refractivity (Wildman–Crippen MR) is 126 cm³/mol. The summed E-state index contributed by atoms with van der Waals surface area (Å²) in [6.45, 7) is 1.67. The van der Waals surface area contributed by atoms with Gasteiger partial charge >= 0.3 is 11.9 Å². The number of halogens is 3. The molecular formula is C24H20F2IO4S+. The van der Waals surface area contributed by atoms with Crippen LogP contribution in [-0.2, 0) is 25.2 Å². The van der Waals surface area contributed by atoms with Gasteiger partial charge in [-0.25, -0.2) is 13.6 Å². The Kier molecular flexibility index (Phi) is 8.63. The molecule has 0 saturated carbocycles. The summed E-state index contributed by atoms with van der Waals surface area (Å²) in [5.41, 5.74) is 0.351. The fraction of sp³-hybridized carbons (Fsp3) is 0.167. The predicted octanol–water partition coefficient (Wildman–Crippen LogP) is 5.58. The molecule has 0 aromatic heterocycles. The van der Waals surface area contributed by atoms with Gasteiger partial charge in [0.05, 0.1) is 16.5 Å². The molecule has 32 heavy (non-hydrogen) atoms. The summed E-state index contributed by atoms with van der Waals surface area (Å²) in [5, 5.41) is 0. The molecule has 0 aliphatic heterocycles. The van der Waals surface area contributed by atoms with Gasteiger partial charge in [-0.3, -0.25) is 4.79 Å². The maximum Gasteiger partial charge on any atom is 0.338 e. The zero-order valence-corrected chi connectivity index (χ0v) is 20.1. The van der Waals surface area contributed by atoms with Gasteiger partial charge < -0.3 is 9.47 Å². The molecule has 4 nitrogen and oxygen atoms in total. The lowest BCUT2D eigenvalue weighted by molar-refractivity contribution is -0.143. The van der Waals surface area contributed by atoms with E-state index in [1.54, 1.807) is 55.5 Å². The molecule has 0 bridgehead atoms. The lowest BCUT2D eigenvalue weighted by Gasteiger charge is -2.09. The molecule has 0 saturated heterocycles. The third kappa shape index (κ3) is 6.52. The third-order valence-corrected chi connectivity index (χ3v) is 7.05. The minimum absolute atomic E-state index is 0.00537. The molecule has 1 atom stereocenters. The van der Waals surface area contributed by atoms with Crippen molar-refractivity contribution >= 4 is 45.4 Å². The number of hydrogen-bond donors (Lipinski definition) is 0. The van der Waals surface area contributed by atoms with Crippen LogP contribution in [0.25, 0.3) is 0 Å². The quantitative estimate of drug-likeness (QED) is 0.117. The topological polar surface area (TPSA) is 52.6 Å². The van der Waals surface area contributed by atoms with E-state index in [2.05, 4.69) is 0 Å². The van der Waals surface area contributed by atoms with Crippen molar-refractivity contribution in [3.8, 4) is 0 Å². The number of ether oxygens (including phenoxy) is 2. The average molecular weight is 569 g/mol. The molecule has 1 unspecified atom stereocenters. The maximum absolute atomic E-state index is 13.4. The number of carbonyl (C=O) groups is 2. The lowest BCUT2D eigenvalue weighted by atomic mass is 10.2. The van der Waals surface area contributed by atoms with Crippen LogP contribution in [0.2, 0.25) is 0 Å². The van der Waals surface area contributed by atoms with Gasteiger partial charge in [-0.05, 0) is 79.7 Å². The number of hydrogen-bond acceptors (Lipinski definition) is 4. The molecule has 0 spiro atoms. The van der Waals surface area contributed by atoms with E-state index in [0.29, 0.717) is 5.56 Å². The van der Waals surface area contributed by atoms with E-state index in [1.807, 2.05) is 22.6 Å². The average Bonchev–Trinajstić information content (AvgIpc) is 2.79.